The Balaban J connectivity index is 5.32. The maximum absolute atomic E-state index is 13.4. The highest BCUT2D eigenvalue weighted by Crippen LogP contribution is 2.38. The van der Waals surface area contributed by atoms with Gasteiger partial charge in [0.2, 0.25) is 5.91 Å². The van der Waals surface area contributed by atoms with Crippen LogP contribution in [0.3, 0.4) is 0 Å². The zero-order chi connectivity index (χ0) is 48.0. The Morgan fingerprint density at radius 2 is 0.877 bits per heavy atom. The van der Waals surface area contributed by atoms with E-state index in [1.54, 1.807) is 0 Å². The van der Waals surface area contributed by atoms with Crippen LogP contribution in [0.15, 0.2) is 12.2 Å². The number of amides is 1. The molecular formula is C55H109N2O7P. The van der Waals surface area contributed by atoms with Gasteiger partial charge in [0.05, 0.1) is 33.8 Å². The van der Waals surface area contributed by atoms with Gasteiger partial charge in [0.15, 0.2) is 0 Å². The van der Waals surface area contributed by atoms with Gasteiger partial charge in [0.1, 0.15) is 19.3 Å². The number of ether oxygens (including phenoxy) is 1. The van der Waals surface area contributed by atoms with Gasteiger partial charge in [-0.2, -0.15) is 0 Å². The monoisotopic (exact) mass is 941 g/mol. The number of carbonyl (C=O) groups excluding carboxylic acids is 2. The van der Waals surface area contributed by atoms with Crippen molar-refractivity contribution in [1.82, 2.24) is 5.32 Å². The summed E-state index contributed by atoms with van der Waals surface area (Å²) < 4.78 is 30.2. The topological polar surface area (TPSA) is 114 Å². The molecule has 0 aliphatic carbocycles. The molecule has 1 N–H and O–H groups in total. The largest absolute Gasteiger partial charge is 0.756 e. The third-order valence-corrected chi connectivity index (χ3v) is 13.7. The number of nitrogens with zero attached hydrogens (tertiary/aromatic N) is 1. The average Bonchev–Trinajstić information content (AvgIpc) is 3.26. The maximum Gasteiger partial charge on any atom is 0.306 e. The standard InChI is InChI=1S/C55H109N2O7P/c1-7-10-13-16-19-22-25-27-29-32-35-38-41-44-47-54(58)56-52(51-63-65(60,61)62-50-49-57(4,5)6)53(46-43-40-37-34-31-24-21-18-15-12-9-3)64-55(59)48-45-42-39-36-33-30-28-26-23-20-17-14-11-8-2/h43,46,52-53H,7-42,44-45,47-51H2,1-6H3,(H-,56,58,60,61)/b46-43+. The van der Waals surface area contributed by atoms with Crippen molar-refractivity contribution in [2.45, 2.75) is 290 Å². The van der Waals surface area contributed by atoms with Crippen molar-refractivity contribution >= 4 is 19.7 Å². The highest BCUT2D eigenvalue weighted by atomic mass is 31.2. The molecule has 0 saturated carbocycles. The molecule has 0 fully saturated rings. The fourth-order valence-corrected chi connectivity index (χ4v) is 9.07. The highest BCUT2D eigenvalue weighted by Gasteiger charge is 2.27. The molecule has 0 spiro atoms. The Morgan fingerprint density at radius 1 is 0.523 bits per heavy atom. The van der Waals surface area contributed by atoms with Gasteiger partial charge in [-0.3, -0.25) is 14.2 Å². The molecule has 10 heteroatoms. The lowest BCUT2D eigenvalue weighted by Gasteiger charge is -2.30. The Hall–Kier alpha value is -1.25. The molecule has 0 aromatic carbocycles. The third kappa shape index (κ3) is 47.6. The van der Waals surface area contributed by atoms with Gasteiger partial charge in [0, 0.05) is 12.8 Å². The molecule has 65 heavy (non-hydrogen) atoms. The molecule has 0 radical (unpaired) electrons. The molecule has 0 aromatic rings. The SMILES string of the molecule is CCCCCCCCCCC/C=C/C(OC(=O)CCCCCCCCCCCCCCCC)C(COP(=O)([O-])OCC[N+](C)(C)C)NC(=O)CCCCCCCCCCCCCCCC. The fraction of sp³-hybridized carbons (Fsp3) is 0.927. The number of hydrogen-bond acceptors (Lipinski definition) is 7. The summed E-state index contributed by atoms with van der Waals surface area (Å²) in [6.45, 7) is 6.86. The van der Waals surface area contributed by atoms with E-state index >= 15 is 0 Å². The van der Waals surface area contributed by atoms with Crippen LogP contribution in [0.1, 0.15) is 278 Å². The van der Waals surface area contributed by atoms with Gasteiger partial charge in [-0.05, 0) is 31.8 Å². The van der Waals surface area contributed by atoms with E-state index in [0.29, 0.717) is 17.4 Å². The molecular weight excluding hydrogens is 832 g/mol. The molecule has 0 aliphatic rings. The Labute approximate surface area is 403 Å². The zero-order valence-electron chi connectivity index (χ0n) is 44.0. The predicted octanol–water partition coefficient (Wildman–Crippen LogP) is 15.8. The molecule has 0 aromatic heterocycles. The second-order valence-corrected chi connectivity index (χ2v) is 21.9. The van der Waals surface area contributed by atoms with Gasteiger partial charge in [-0.15, -0.1) is 0 Å². The van der Waals surface area contributed by atoms with Crippen LogP contribution in [0.5, 0.6) is 0 Å². The first-order valence-corrected chi connectivity index (χ1v) is 29.5. The molecule has 0 bridgehead atoms. The van der Waals surface area contributed by atoms with Crippen molar-refractivity contribution in [2.24, 2.45) is 0 Å². The molecule has 0 rings (SSSR count). The van der Waals surface area contributed by atoms with Gasteiger partial charge in [0.25, 0.3) is 7.82 Å². The summed E-state index contributed by atoms with van der Waals surface area (Å²) in [6, 6.07) is -0.877. The number of nitrogens with one attached hydrogen (secondary N) is 1. The Bertz CT molecular complexity index is 1130. The lowest BCUT2D eigenvalue weighted by atomic mass is 10.0. The summed E-state index contributed by atoms with van der Waals surface area (Å²) in [6.07, 6.45) is 50.2. The number of allylic oxidation sites excluding steroid dienone is 1. The van der Waals surface area contributed by atoms with Gasteiger partial charge in [-0.1, -0.05) is 245 Å². The van der Waals surface area contributed by atoms with E-state index < -0.39 is 20.0 Å². The molecule has 3 unspecified atom stereocenters. The van der Waals surface area contributed by atoms with Crippen molar-refractivity contribution < 1.29 is 37.3 Å². The predicted molar refractivity (Wildman–Crippen MR) is 275 cm³/mol. The average molecular weight is 941 g/mol. The number of unbranched alkanes of at least 4 members (excludes halogenated alkanes) is 35. The zero-order valence-corrected chi connectivity index (χ0v) is 44.9. The number of quaternary nitrogens is 1. The lowest BCUT2D eigenvalue weighted by molar-refractivity contribution is -0.870. The lowest BCUT2D eigenvalue weighted by Crippen LogP contribution is -2.47. The van der Waals surface area contributed by atoms with E-state index in [1.807, 2.05) is 33.3 Å². The van der Waals surface area contributed by atoms with Crippen molar-refractivity contribution in [1.29, 1.82) is 0 Å². The molecule has 1 amide bonds. The third-order valence-electron chi connectivity index (χ3n) is 12.7. The molecule has 386 valence electrons. The first kappa shape index (κ1) is 63.8. The van der Waals surface area contributed by atoms with Gasteiger partial charge < -0.3 is 28.5 Å². The summed E-state index contributed by atoms with van der Waals surface area (Å²) in [5, 5.41) is 3.02. The maximum atomic E-state index is 13.4. The summed E-state index contributed by atoms with van der Waals surface area (Å²) >= 11 is 0. The minimum Gasteiger partial charge on any atom is -0.756 e. The fourth-order valence-electron chi connectivity index (χ4n) is 8.35. The second kappa shape index (κ2) is 46.5. The Morgan fingerprint density at radius 3 is 1.26 bits per heavy atom. The summed E-state index contributed by atoms with van der Waals surface area (Å²) in [7, 11) is 1.20. The van der Waals surface area contributed by atoms with Crippen LogP contribution >= 0.6 is 7.82 Å². The highest BCUT2D eigenvalue weighted by molar-refractivity contribution is 7.45. The molecule has 0 saturated heterocycles. The van der Waals surface area contributed by atoms with Crippen LogP contribution in [-0.4, -0.2) is 69.4 Å². The van der Waals surface area contributed by atoms with E-state index in [0.717, 1.165) is 57.8 Å². The molecule has 0 aliphatic heterocycles. The van der Waals surface area contributed by atoms with E-state index in [9.17, 15) is 19.0 Å². The Kier molecular flexibility index (Phi) is 45.6. The summed E-state index contributed by atoms with van der Waals surface area (Å²) in [5.74, 6) is -0.526. The normalized spacial score (nSPS) is 13.9. The van der Waals surface area contributed by atoms with Crippen molar-refractivity contribution in [3.63, 3.8) is 0 Å². The van der Waals surface area contributed by atoms with Crippen LogP contribution in [0.25, 0.3) is 0 Å². The first-order chi connectivity index (χ1) is 31.4. The minimum absolute atomic E-state index is 0.0172. The summed E-state index contributed by atoms with van der Waals surface area (Å²) in [4.78, 5) is 39.7. The van der Waals surface area contributed by atoms with Gasteiger partial charge in [-0.25, -0.2) is 0 Å². The van der Waals surface area contributed by atoms with E-state index in [-0.39, 0.29) is 31.5 Å². The van der Waals surface area contributed by atoms with E-state index in [4.69, 9.17) is 13.8 Å². The molecule has 3 atom stereocenters. The van der Waals surface area contributed by atoms with Crippen LogP contribution in [0.2, 0.25) is 0 Å². The summed E-state index contributed by atoms with van der Waals surface area (Å²) in [5.41, 5.74) is 0. The number of likely N-dealkylation sites (N-methyl/N-ethyl adjacent to an activating group) is 1. The number of esters is 1. The number of phosphoric acid groups is 1. The van der Waals surface area contributed by atoms with Crippen molar-refractivity contribution in [3.05, 3.63) is 12.2 Å². The smallest absolute Gasteiger partial charge is 0.306 e. The quantitative estimate of drug-likeness (QED) is 0.0212. The first-order valence-electron chi connectivity index (χ1n) is 28.0. The number of carbonyl (C=O) groups is 2. The van der Waals surface area contributed by atoms with E-state index in [2.05, 4.69) is 26.1 Å². The second-order valence-electron chi connectivity index (χ2n) is 20.5. The van der Waals surface area contributed by atoms with Gasteiger partial charge >= 0.3 is 5.97 Å². The number of phosphoric ester groups is 1. The number of hydrogen-bond donors (Lipinski definition) is 1. The van der Waals surface area contributed by atoms with Crippen LogP contribution in [0.4, 0.5) is 0 Å². The van der Waals surface area contributed by atoms with E-state index in [1.165, 1.54) is 186 Å². The minimum atomic E-state index is -4.68. The van der Waals surface area contributed by atoms with Crippen LogP contribution < -0.4 is 10.2 Å². The van der Waals surface area contributed by atoms with Crippen molar-refractivity contribution in [2.75, 3.05) is 40.9 Å². The molecule has 0 heterocycles. The number of rotatable bonds is 51. The molecule has 9 nitrogen and oxygen atoms in total. The van der Waals surface area contributed by atoms with Crippen LogP contribution in [0, 0.1) is 0 Å². The van der Waals surface area contributed by atoms with Crippen molar-refractivity contribution in [3.8, 4) is 0 Å². The van der Waals surface area contributed by atoms with Crippen LogP contribution in [-0.2, 0) is 27.9 Å².